The van der Waals surface area contributed by atoms with Gasteiger partial charge in [-0.2, -0.15) is 0 Å². The third-order valence-corrected chi connectivity index (χ3v) is 8.05. The summed E-state index contributed by atoms with van der Waals surface area (Å²) in [6.07, 6.45) is 7.89. The van der Waals surface area contributed by atoms with Gasteiger partial charge in [0.15, 0.2) is 5.60 Å². The third-order valence-electron chi connectivity index (χ3n) is 7.56. The Hall–Kier alpha value is -3.57. The van der Waals surface area contributed by atoms with Crippen LogP contribution in [0.5, 0.6) is 5.75 Å². The van der Waals surface area contributed by atoms with Gasteiger partial charge in [0.1, 0.15) is 5.75 Å². The van der Waals surface area contributed by atoms with E-state index in [4.69, 9.17) is 9.47 Å². The Kier molecular flexibility index (Phi) is 6.71. The Morgan fingerprint density at radius 3 is 2.42 bits per heavy atom. The maximum atomic E-state index is 13.0. The standard InChI is InChI=1S/C33H30BrNO3/c1-2-37-32(36)30-22-23-21-26(34)13-16-28(23)31-29(30)17-18-33(38-31,24-9-5-3-6-10-24)25-11-14-27(15-12-25)35-19-7-4-8-20-35/h3,5-6,9-18,21-22H,2,4,7-8,19-20H2,1H3. The molecule has 0 N–H and O–H groups in total. The van der Waals surface area contributed by atoms with Crippen LogP contribution in [0, 0.1) is 0 Å². The average Bonchev–Trinajstić information content (AvgIpc) is 2.97. The molecule has 0 bridgehead atoms. The molecule has 2 aliphatic heterocycles. The minimum absolute atomic E-state index is 0.312. The molecule has 0 amide bonds. The predicted octanol–water partition coefficient (Wildman–Crippen LogP) is 8.12. The number of nitrogens with zero attached hydrogens (tertiary/aromatic N) is 1. The van der Waals surface area contributed by atoms with Crippen LogP contribution in [0.1, 0.15) is 53.2 Å². The highest BCUT2D eigenvalue weighted by Crippen LogP contribution is 2.47. The Labute approximate surface area is 232 Å². The lowest BCUT2D eigenvalue weighted by Gasteiger charge is -2.37. The fourth-order valence-electron chi connectivity index (χ4n) is 5.64. The summed E-state index contributed by atoms with van der Waals surface area (Å²) >= 11 is 3.58. The van der Waals surface area contributed by atoms with E-state index >= 15 is 0 Å². The van der Waals surface area contributed by atoms with Gasteiger partial charge in [-0.25, -0.2) is 4.79 Å². The van der Waals surface area contributed by atoms with Crippen molar-refractivity contribution in [3.8, 4) is 5.75 Å². The van der Waals surface area contributed by atoms with Crippen molar-refractivity contribution in [2.75, 3.05) is 24.6 Å². The molecule has 192 valence electrons. The minimum atomic E-state index is -0.845. The van der Waals surface area contributed by atoms with Crippen LogP contribution in [0.4, 0.5) is 5.69 Å². The van der Waals surface area contributed by atoms with Crippen molar-refractivity contribution >= 4 is 44.4 Å². The topological polar surface area (TPSA) is 38.8 Å². The van der Waals surface area contributed by atoms with Gasteiger partial charge in [-0.05, 0) is 80.1 Å². The first-order valence-electron chi connectivity index (χ1n) is 13.3. The van der Waals surface area contributed by atoms with Gasteiger partial charge in [-0.3, -0.25) is 0 Å². The number of halogens is 1. The first-order valence-corrected chi connectivity index (χ1v) is 14.1. The normalized spacial score (nSPS) is 18.6. The lowest BCUT2D eigenvalue weighted by Crippen LogP contribution is -2.35. The molecule has 1 saturated heterocycles. The van der Waals surface area contributed by atoms with Gasteiger partial charge in [0.25, 0.3) is 0 Å². The number of carbonyl (C=O) groups is 1. The second-order valence-electron chi connectivity index (χ2n) is 9.88. The van der Waals surface area contributed by atoms with Crippen LogP contribution in [0.3, 0.4) is 0 Å². The van der Waals surface area contributed by atoms with E-state index in [1.54, 1.807) is 0 Å². The second kappa shape index (κ2) is 10.3. The zero-order valence-electron chi connectivity index (χ0n) is 21.5. The van der Waals surface area contributed by atoms with Crippen LogP contribution >= 0.6 is 15.9 Å². The van der Waals surface area contributed by atoms with E-state index in [9.17, 15) is 4.79 Å². The predicted molar refractivity (Wildman–Crippen MR) is 157 cm³/mol. The molecule has 38 heavy (non-hydrogen) atoms. The van der Waals surface area contributed by atoms with Gasteiger partial charge in [0.2, 0.25) is 0 Å². The van der Waals surface area contributed by atoms with Crippen molar-refractivity contribution in [3.63, 3.8) is 0 Å². The molecule has 1 atom stereocenters. The Morgan fingerprint density at radius 2 is 1.68 bits per heavy atom. The first-order chi connectivity index (χ1) is 18.6. The van der Waals surface area contributed by atoms with Gasteiger partial charge < -0.3 is 14.4 Å². The highest BCUT2D eigenvalue weighted by Gasteiger charge is 2.39. The second-order valence-corrected chi connectivity index (χ2v) is 10.8. The number of carbonyl (C=O) groups excluding carboxylic acids is 1. The number of esters is 1. The van der Waals surface area contributed by atoms with E-state index in [-0.39, 0.29) is 5.97 Å². The Bertz CT molecular complexity index is 1510. The molecule has 1 fully saturated rings. The third kappa shape index (κ3) is 4.39. The van der Waals surface area contributed by atoms with Crippen LogP contribution < -0.4 is 9.64 Å². The zero-order valence-corrected chi connectivity index (χ0v) is 23.0. The summed E-state index contributed by atoms with van der Waals surface area (Å²) < 4.78 is 13.4. The van der Waals surface area contributed by atoms with Gasteiger partial charge in [-0.15, -0.1) is 0 Å². The molecule has 4 aromatic carbocycles. The summed E-state index contributed by atoms with van der Waals surface area (Å²) in [6.45, 7) is 4.34. The number of benzene rings is 4. The number of piperidine rings is 1. The summed E-state index contributed by atoms with van der Waals surface area (Å²) in [7, 11) is 0. The van der Waals surface area contributed by atoms with Crippen LogP contribution in [-0.2, 0) is 10.3 Å². The number of hydrogen-bond acceptors (Lipinski definition) is 4. The summed E-state index contributed by atoms with van der Waals surface area (Å²) in [5.74, 6) is 0.335. The quantitative estimate of drug-likeness (QED) is 0.228. The number of rotatable bonds is 5. The molecule has 2 heterocycles. The van der Waals surface area contributed by atoms with Crippen molar-refractivity contribution in [2.45, 2.75) is 31.8 Å². The molecule has 0 saturated carbocycles. The number of fused-ring (bicyclic) bond motifs is 3. The van der Waals surface area contributed by atoms with Crippen molar-refractivity contribution < 1.29 is 14.3 Å². The van der Waals surface area contributed by atoms with E-state index in [1.165, 1.54) is 24.9 Å². The summed E-state index contributed by atoms with van der Waals surface area (Å²) in [5.41, 5.74) is 3.72. The summed E-state index contributed by atoms with van der Waals surface area (Å²) in [4.78, 5) is 15.5. The van der Waals surface area contributed by atoms with E-state index in [0.29, 0.717) is 17.9 Å². The number of anilines is 1. The fraction of sp³-hybridized carbons (Fsp3) is 0.242. The maximum absolute atomic E-state index is 13.0. The lowest BCUT2D eigenvalue weighted by molar-refractivity contribution is 0.0525. The molecule has 6 rings (SSSR count). The monoisotopic (exact) mass is 567 g/mol. The lowest BCUT2D eigenvalue weighted by atomic mass is 9.82. The van der Waals surface area contributed by atoms with Crippen molar-refractivity contribution in [1.82, 2.24) is 0 Å². The van der Waals surface area contributed by atoms with E-state index < -0.39 is 5.60 Å². The van der Waals surface area contributed by atoms with Crippen LogP contribution in [-0.4, -0.2) is 25.7 Å². The molecule has 2 aliphatic rings. The average molecular weight is 569 g/mol. The zero-order chi connectivity index (χ0) is 26.1. The largest absolute Gasteiger partial charge is 0.472 e. The van der Waals surface area contributed by atoms with Gasteiger partial charge in [0.05, 0.1) is 12.2 Å². The highest BCUT2D eigenvalue weighted by atomic mass is 79.9. The number of hydrogen-bond donors (Lipinski definition) is 0. The number of ether oxygens (including phenoxy) is 2. The molecule has 1 unspecified atom stereocenters. The van der Waals surface area contributed by atoms with Crippen LogP contribution in [0.15, 0.2) is 89.4 Å². The SMILES string of the molecule is CCOC(=O)c1cc2cc(Br)ccc2c2c1C=CC(c1ccccc1)(c1ccc(N3CCCCC3)cc1)O2. The summed E-state index contributed by atoms with van der Waals surface area (Å²) in [5, 5.41) is 1.87. The van der Waals surface area contributed by atoms with Crippen LogP contribution in [0.2, 0.25) is 0 Å². The first kappa shape index (κ1) is 24.7. The molecule has 5 heteroatoms. The van der Waals surface area contributed by atoms with Gasteiger partial charge >= 0.3 is 5.97 Å². The molecular formula is C33H30BrNO3. The van der Waals surface area contributed by atoms with E-state index in [1.807, 2.05) is 55.5 Å². The molecule has 0 radical (unpaired) electrons. The highest BCUT2D eigenvalue weighted by molar-refractivity contribution is 9.10. The van der Waals surface area contributed by atoms with Gasteiger partial charge in [-0.1, -0.05) is 58.4 Å². The molecule has 4 aromatic rings. The van der Waals surface area contributed by atoms with Crippen LogP contribution in [0.25, 0.3) is 16.8 Å². The molecule has 0 aromatic heterocycles. The molecule has 4 nitrogen and oxygen atoms in total. The van der Waals surface area contributed by atoms with E-state index in [2.05, 4.69) is 63.3 Å². The maximum Gasteiger partial charge on any atom is 0.338 e. The Morgan fingerprint density at radius 1 is 0.947 bits per heavy atom. The van der Waals surface area contributed by atoms with Crippen molar-refractivity contribution in [1.29, 1.82) is 0 Å². The summed E-state index contributed by atoms with van der Waals surface area (Å²) in [6, 6.07) is 27.0. The molecule has 0 spiro atoms. The smallest absolute Gasteiger partial charge is 0.338 e. The fourth-order valence-corrected chi connectivity index (χ4v) is 6.02. The van der Waals surface area contributed by atoms with E-state index in [0.717, 1.165) is 45.0 Å². The van der Waals surface area contributed by atoms with Crippen molar-refractivity contribution in [3.05, 3.63) is 112 Å². The van der Waals surface area contributed by atoms with Crippen molar-refractivity contribution in [2.24, 2.45) is 0 Å². The Balaban J connectivity index is 1.52. The molecular weight excluding hydrogens is 538 g/mol. The minimum Gasteiger partial charge on any atom is -0.472 e. The van der Waals surface area contributed by atoms with Gasteiger partial charge in [0, 0.05) is 45.3 Å². The molecule has 0 aliphatic carbocycles.